The molecular formula is C16H22O. The lowest BCUT2D eigenvalue weighted by molar-refractivity contribution is 0.343. The summed E-state index contributed by atoms with van der Waals surface area (Å²) in [5, 5.41) is 8.81. The van der Waals surface area contributed by atoms with Crippen molar-refractivity contribution in [3.63, 3.8) is 0 Å². The van der Waals surface area contributed by atoms with Crippen LogP contribution in [0.2, 0.25) is 0 Å². The van der Waals surface area contributed by atoms with Crippen LogP contribution in [0.4, 0.5) is 0 Å². The van der Waals surface area contributed by atoms with Crippen molar-refractivity contribution < 1.29 is 5.11 Å². The zero-order chi connectivity index (χ0) is 12.5. The fourth-order valence-corrected chi connectivity index (χ4v) is 1.70. The molecule has 0 aliphatic carbocycles. The van der Waals surface area contributed by atoms with Gasteiger partial charge < -0.3 is 5.11 Å². The maximum atomic E-state index is 8.81. The minimum absolute atomic E-state index is 0.0901. The Hall–Kier alpha value is -1.34. The van der Waals surface area contributed by atoms with E-state index in [-0.39, 0.29) is 6.61 Å². The van der Waals surface area contributed by atoms with E-state index in [4.69, 9.17) is 5.11 Å². The van der Waals surface area contributed by atoms with Gasteiger partial charge in [0.15, 0.2) is 0 Å². The Morgan fingerprint density at radius 3 is 2.59 bits per heavy atom. The van der Waals surface area contributed by atoms with E-state index in [0.717, 1.165) is 12.0 Å². The molecule has 0 fully saturated rings. The maximum Gasteiger partial charge on any atom is 0.0615 e. The summed E-state index contributed by atoms with van der Waals surface area (Å²) >= 11 is 0. The van der Waals surface area contributed by atoms with Crippen LogP contribution in [0, 0.1) is 6.92 Å². The molecule has 1 heteroatoms. The fourth-order valence-electron chi connectivity index (χ4n) is 1.70. The van der Waals surface area contributed by atoms with Crippen molar-refractivity contribution in [3.05, 3.63) is 47.0 Å². The van der Waals surface area contributed by atoms with Crippen LogP contribution in [-0.2, 0) is 0 Å². The van der Waals surface area contributed by atoms with Crippen LogP contribution in [0.25, 0.3) is 12.2 Å². The van der Waals surface area contributed by atoms with Gasteiger partial charge in [-0.3, -0.25) is 0 Å². The highest BCUT2D eigenvalue weighted by Gasteiger charge is 1.96. The molecule has 1 N–H and O–H groups in total. The summed E-state index contributed by atoms with van der Waals surface area (Å²) < 4.78 is 0. The first kappa shape index (κ1) is 13.7. The molecule has 1 nitrogen and oxygen atoms in total. The van der Waals surface area contributed by atoms with Crippen molar-refractivity contribution in [1.82, 2.24) is 0 Å². The van der Waals surface area contributed by atoms with Crippen molar-refractivity contribution in [2.24, 2.45) is 0 Å². The van der Waals surface area contributed by atoms with E-state index in [1.165, 1.54) is 24.0 Å². The first-order valence-corrected chi connectivity index (χ1v) is 6.32. The SMILES string of the molecule is CCCC/C=C/c1cc(C)ccc1/C=C/CO. The van der Waals surface area contributed by atoms with Gasteiger partial charge in [-0.25, -0.2) is 0 Å². The second kappa shape index (κ2) is 7.86. The highest BCUT2D eigenvalue weighted by molar-refractivity contribution is 5.65. The van der Waals surface area contributed by atoms with Gasteiger partial charge in [0, 0.05) is 0 Å². The fraction of sp³-hybridized carbons (Fsp3) is 0.375. The van der Waals surface area contributed by atoms with Crippen molar-refractivity contribution in [1.29, 1.82) is 0 Å². The molecule has 92 valence electrons. The zero-order valence-corrected chi connectivity index (χ0v) is 10.8. The molecule has 1 aromatic carbocycles. The lowest BCUT2D eigenvalue weighted by Crippen LogP contribution is -1.83. The summed E-state index contributed by atoms with van der Waals surface area (Å²) in [7, 11) is 0. The van der Waals surface area contributed by atoms with Gasteiger partial charge >= 0.3 is 0 Å². The van der Waals surface area contributed by atoms with Crippen molar-refractivity contribution >= 4 is 12.2 Å². The molecule has 0 bridgehead atoms. The average Bonchev–Trinajstić information content (AvgIpc) is 2.33. The van der Waals surface area contributed by atoms with Gasteiger partial charge in [-0.15, -0.1) is 0 Å². The van der Waals surface area contributed by atoms with E-state index in [1.807, 2.05) is 6.08 Å². The van der Waals surface area contributed by atoms with Gasteiger partial charge in [0.1, 0.15) is 0 Å². The molecule has 0 atom stereocenters. The highest BCUT2D eigenvalue weighted by atomic mass is 16.2. The molecule has 0 amide bonds. The van der Waals surface area contributed by atoms with Gasteiger partial charge in [0.2, 0.25) is 0 Å². The van der Waals surface area contributed by atoms with Gasteiger partial charge in [0.25, 0.3) is 0 Å². The van der Waals surface area contributed by atoms with Crippen LogP contribution in [-0.4, -0.2) is 11.7 Å². The molecule has 1 rings (SSSR count). The minimum atomic E-state index is 0.0901. The Morgan fingerprint density at radius 1 is 1.12 bits per heavy atom. The van der Waals surface area contributed by atoms with Crippen molar-refractivity contribution in [2.75, 3.05) is 6.61 Å². The molecule has 0 radical (unpaired) electrons. The first-order valence-electron chi connectivity index (χ1n) is 6.32. The predicted molar refractivity (Wildman–Crippen MR) is 75.9 cm³/mol. The number of hydrogen-bond acceptors (Lipinski definition) is 1. The second-order valence-electron chi connectivity index (χ2n) is 4.26. The number of allylic oxidation sites excluding steroid dienone is 1. The summed E-state index contributed by atoms with van der Waals surface area (Å²) in [6, 6.07) is 6.38. The summed E-state index contributed by atoms with van der Waals surface area (Å²) in [5.74, 6) is 0. The van der Waals surface area contributed by atoms with Crippen LogP contribution in [0.15, 0.2) is 30.4 Å². The zero-order valence-electron chi connectivity index (χ0n) is 10.8. The van der Waals surface area contributed by atoms with Crippen LogP contribution in [0.5, 0.6) is 0 Å². The molecule has 0 heterocycles. The Balaban J connectivity index is 2.83. The lowest BCUT2D eigenvalue weighted by atomic mass is 10.0. The summed E-state index contributed by atoms with van der Waals surface area (Å²) in [4.78, 5) is 0. The molecule has 0 saturated carbocycles. The Kier molecular flexibility index (Phi) is 6.34. The molecule has 0 aliphatic rings. The Labute approximate surface area is 104 Å². The topological polar surface area (TPSA) is 20.2 Å². The molecule has 0 unspecified atom stereocenters. The van der Waals surface area contributed by atoms with Crippen LogP contribution in [0.3, 0.4) is 0 Å². The van der Waals surface area contributed by atoms with Gasteiger partial charge in [-0.05, 0) is 24.5 Å². The van der Waals surface area contributed by atoms with Gasteiger partial charge in [-0.1, -0.05) is 67.8 Å². The third kappa shape index (κ3) is 5.01. The third-order valence-corrected chi connectivity index (χ3v) is 2.67. The number of hydrogen-bond donors (Lipinski definition) is 1. The highest BCUT2D eigenvalue weighted by Crippen LogP contribution is 2.16. The predicted octanol–water partition coefficient (Wildman–Crippen LogP) is 4.20. The number of unbranched alkanes of at least 4 members (excludes halogenated alkanes) is 2. The van der Waals surface area contributed by atoms with Crippen molar-refractivity contribution in [2.45, 2.75) is 33.1 Å². The van der Waals surface area contributed by atoms with Crippen LogP contribution in [0.1, 0.15) is 42.9 Å². The number of benzene rings is 1. The standard InChI is InChI=1S/C16H22O/c1-3-4-5-6-8-16-13-14(2)10-11-15(16)9-7-12-17/h6-11,13,17H,3-5,12H2,1-2H3/b8-6+,9-7+. The molecule has 17 heavy (non-hydrogen) atoms. The van der Waals surface area contributed by atoms with E-state index < -0.39 is 0 Å². The molecular weight excluding hydrogens is 208 g/mol. The van der Waals surface area contributed by atoms with Gasteiger partial charge in [-0.2, -0.15) is 0 Å². The number of aliphatic hydroxyl groups excluding tert-OH is 1. The van der Waals surface area contributed by atoms with E-state index in [0.29, 0.717) is 0 Å². The minimum Gasteiger partial charge on any atom is -0.392 e. The van der Waals surface area contributed by atoms with E-state index in [1.54, 1.807) is 6.08 Å². The van der Waals surface area contributed by atoms with Crippen LogP contribution >= 0.6 is 0 Å². The monoisotopic (exact) mass is 230 g/mol. The quantitative estimate of drug-likeness (QED) is 0.726. The molecule has 1 aromatic rings. The smallest absolute Gasteiger partial charge is 0.0615 e. The maximum absolute atomic E-state index is 8.81. The number of aliphatic hydroxyl groups is 1. The summed E-state index contributed by atoms with van der Waals surface area (Å²) in [6.45, 7) is 4.39. The van der Waals surface area contributed by atoms with E-state index in [9.17, 15) is 0 Å². The third-order valence-electron chi connectivity index (χ3n) is 2.67. The Morgan fingerprint density at radius 2 is 1.88 bits per heavy atom. The molecule has 0 aromatic heterocycles. The first-order chi connectivity index (χ1) is 8.27. The van der Waals surface area contributed by atoms with E-state index >= 15 is 0 Å². The van der Waals surface area contributed by atoms with Gasteiger partial charge in [0.05, 0.1) is 6.61 Å². The normalized spacial score (nSPS) is 11.7. The number of rotatable bonds is 6. The largest absolute Gasteiger partial charge is 0.392 e. The molecule has 0 spiro atoms. The molecule has 0 saturated heterocycles. The van der Waals surface area contributed by atoms with E-state index in [2.05, 4.69) is 44.2 Å². The van der Waals surface area contributed by atoms with Crippen LogP contribution < -0.4 is 0 Å². The number of aryl methyl sites for hydroxylation is 1. The summed E-state index contributed by atoms with van der Waals surface area (Å²) in [5.41, 5.74) is 3.66. The van der Waals surface area contributed by atoms with Crippen molar-refractivity contribution in [3.8, 4) is 0 Å². The molecule has 0 aliphatic heterocycles. The summed E-state index contributed by atoms with van der Waals surface area (Å²) in [6.07, 6.45) is 11.8. The second-order valence-corrected chi connectivity index (χ2v) is 4.26. The lowest BCUT2D eigenvalue weighted by Gasteiger charge is -2.03. The average molecular weight is 230 g/mol. The Bertz CT molecular complexity index is 389.